The molecule has 0 aliphatic carbocycles. The topological polar surface area (TPSA) is 36.4 Å². The second kappa shape index (κ2) is 8.98. The number of unbranched alkanes of at least 4 members (excludes halogenated alkanes) is 2. The first-order valence-electron chi connectivity index (χ1n) is 6.15. The molecule has 0 unspecified atom stereocenters. The van der Waals surface area contributed by atoms with E-state index in [1.807, 2.05) is 0 Å². The van der Waals surface area contributed by atoms with Crippen molar-refractivity contribution < 1.29 is 4.39 Å². The molecule has 0 aliphatic rings. The molecule has 1 rings (SSSR count). The second-order valence-electron chi connectivity index (χ2n) is 4.00. The zero-order valence-electron chi connectivity index (χ0n) is 10.7. The largest absolute Gasteiger partial charge is 0.361 e. The van der Waals surface area contributed by atoms with E-state index in [1.165, 1.54) is 25.1 Å². The first-order valence-corrected chi connectivity index (χ1v) is 7.35. The predicted molar refractivity (Wildman–Crippen MR) is 85.0 cm³/mol. The summed E-state index contributed by atoms with van der Waals surface area (Å²) in [7, 11) is 0. The van der Waals surface area contributed by atoms with Crippen LogP contribution in [0.2, 0.25) is 0 Å². The van der Waals surface area contributed by atoms with E-state index < -0.39 is 0 Å². The molecule has 0 heterocycles. The Kier molecular flexibility index (Phi) is 7.59. The van der Waals surface area contributed by atoms with Crippen LogP contribution in [0.3, 0.4) is 0 Å². The highest BCUT2D eigenvalue weighted by Crippen LogP contribution is 2.13. The van der Waals surface area contributed by atoms with Crippen molar-refractivity contribution in [3.05, 3.63) is 34.1 Å². The summed E-state index contributed by atoms with van der Waals surface area (Å²) in [6.45, 7) is 2.97. The Balaban J connectivity index is 2.36. The molecule has 0 aliphatic heterocycles. The van der Waals surface area contributed by atoms with Crippen LogP contribution in [0.25, 0.3) is 0 Å². The van der Waals surface area contributed by atoms with E-state index in [0.29, 0.717) is 10.7 Å². The molecule has 0 aromatic heterocycles. The van der Waals surface area contributed by atoms with Gasteiger partial charge in [0.25, 0.3) is 0 Å². The minimum atomic E-state index is -0.324. The van der Waals surface area contributed by atoms with Gasteiger partial charge in [0.05, 0.1) is 6.21 Å². The highest BCUT2D eigenvalue weighted by atomic mass is 79.9. The normalized spacial score (nSPS) is 10.7. The van der Waals surface area contributed by atoms with Gasteiger partial charge in [-0.15, -0.1) is 0 Å². The molecule has 104 valence electrons. The van der Waals surface area contributed by atoms with Gasteiger partial charge in [-0.25, -0.2) is 4.39 Å². The minimum absolute atomic E-state index is 0.324. The standard InChI is InChI=1S/C13H17BrFN3S/c1-2-3-4-7-16-13(19)18-17-9-10-8-11(14)5-6-12(10)15/h5-6,8-9H,2-4,7H2,1H3,(H2,16,18,19)/b17-9-. The maximum absolute atomic E-state index is 13.4. The summed E-state index contributed by atoms with van der Waals surface area (Å²) in [6.07, 6.45) is 4.81. The Hall–Kier alpha value is -1.01. The Labute approximate surface area is 126 Å². The number of hydrazone groups is 1. The summed E-state index contributed by atoms with van der Waals surface area (Å²) in [6, 6.07) is 4.67. The van der Waals surface area contributed by atoms with Crippen LogP contribution < -0.4 is 10.7 Å². The number of rotatable bonds is 6. The molecule has 0 atom stereocenters. The summed E-state index contributed by atoms with van der Waals surface area (Å²) in [4.78, 5) is 0. The van der Waals surface area contributed by atoms with Gasteiger partial charge in [-0.05, 0) is 36.8 Å². The average Bonchev–Trinajstić information content (AvgIpc) is 2.39. The lowest BCUT2D eigenvalue weighted by molar-refractivity contribution is 0.625. The van der Waals surface area contributed by atoms with Crippen molar-refractivity contribution in [3.63, 3.8) is 0 Å². The van der Waals surface area contributed by atoms with E-state index >= 15 is 0 Å². The molecule has 0 spiro atoms. The Morgan fingerprint density at radius 1 is 1.47 bits per heavy atom. The maximum Gasteiger partial charge on any atom is 0.186 e. The molecule has 2 N–H and O–H groups in total. The van der Waals surface area contributed by atoms with E-state index in [1.54, 1.807) is 12.1 Å². The first kappa shape index (κ1) is 16.0. The number of thiocarbonyl (C=S) groups is 1. The van der Waals surface area contributed by atoms with E-state index in [2.05, 4.69) is 38.7 Å². The number of nitrogens with one attached hydrogen (secondary N) is 2. The summed E-state index contributed by atoms with van der Waals surface area (Å²) in [5.41, 5.74) is 3.06. The van der Waals surface area contributed by atoms with Crippen molar-refractivity contribution in [2.24, 2.45) is 5.10 Å². The van der Waals surface area contributed by atoms with Crippen LogP contribution in [-0.4, -0.2) is 17.9 Å². The summed E-state index contributed by atoms with van der Waals surface area (Å²) >= 11 is 8.32. The summed E-state index contributed by atoms with van der Waals surface area (Å²) < 4.78 is 14.2. The zero-order valence-corrected chi connectivity index (χ0v) is 13.2. The van der Waals surface area contributed by atoms with Gasteiger partial charge in [0.1, 0.15) is 5.82 Å². The number of benzene rings is 1. The third-order valence-electron chi connectivity index (χ3n) is 2.39. The highest BCUT2D eigenvalue weighted by Gasteiger charge is 1.99. The Morgan fingerprint density at radius 3 is 3.00 bits per heavy atom. The molecule has 0 bridgehead atoms. The minimum Gasteiger partial charge on any atom is -0.361 e. The molecule has 0 saturated carbocycles. The van der Waals surface area contributed by atoms with Gasteiger partial charge in [-0.3, -0.25) is 5.43 Å². The van der Waals surface area contributed by atoms with Gasteiger partial charge in [0.2, 0.25) is 0 Å². The van der Waals surface area contributed by atoms with Crippen LogP contribution >= 0.6 is 28.1 Å². The zero-order chi connectivity index (χ0) is 14.1. The number of nitrogens with zero attached hydrogens (tertiary/aromatic N) is 1. The van der Waals surface area contributed by atoms with Crippen LogP contribution in [-0.2, 0) is 0 Å². The van der Waals surface area contributed by atoms with Crippen LogP contribution in [0.5, 0.6) is 0 Å². The fraction of sp³-hybridized carbons (Fsp3) is 0.385. The molecular weight excluding hydrogens is 329 g/mol. The van der Waals surface area contributed by atoms with Gasteiger partial charge in [-0.1, -0.05) is 35.7 Å². The molecule has 0 fully saturated rings. The Morgan fingerprint density at radius 2 is 2.26 bits per heavy atom. The lowest BCUT2D eigenvalue weighted by Gasteiger charge is -2.06. The van der Waals surface area contributed by atoms with Gasteiger partial charge in [0.15, 0.2) is 5.11 Å². The monoisotopic (exact) mass is 345 g/mol. The van der Waals surface area contributed by atoms with Gasteiger partial charge in [-0.2, -0.15) is 5.10 Å². The van der Waals surface area contributed by atoms with Gasteiger partial charge >= 0.3 is 0 Å². The molecule has 1 aromatic carbocycles. The molecule has 0 radical (unpaired) electrons. The van der Waals surface area contributed by atoms with Crippen molar-refractivity contribution in [1.29, 1.82) is 0 Å². The van der Waals surface area contributed by atoms with Gasteiger partial charge < -0.3 is 5.32 Å². The summed E-state index contributed by atoms with van der Waals surface area (Å²) in [5, 5.41) is 7.38. The van der Waals surface area contributed by atoms with Crippen LogP contribution in [0, 0.1) is 5.82 Å². The van der Waals surface area contributed by atoms with Gasteiger partial charge in [0, 0.05) is 16.6 Å². The average molecular weight is 346 g/mol. The lowest BCUT2D eigenvalue weighted by Crippen LogP contribution is -2.32. The summed E-state index contributed by atoms with van der Waals surface area (Å²) in [5.74, 6) is -0.324. The number of halogens is 2. The van der Waals surface area contributed by atoms with E-state index in [-0.39, 0.29) is 5.82 Å². The first-order chi connectivity index (χ1) is 9.13. The quantitative estimate of drug-likeness (QED) is 0.358. The highest BCUT2D eigenvalue weighted by molar-refractivity contribution is 9.10. The molecule has 0 amide bonds. The number of hydrogen-bond acceptors (Lipinski definition) is 2. The van der Waals surface area contributed by atoms with Crippen molar-refractivity contribution in [1.82, 2.24) is 10.7 Å². The van der Waals surface area contributed by atoms with Crippen LogP contribution in [0.4, 0.5) is 4.39 Å². The third-order valence-corrected chi connectivity index (χ3v) is 3.12. The molecule has 19 heavy (non-hydrogen) atoms. The molecular formula is C13H17BrFN3S. The fourth-order valence-electron chi connectivity index (χ4n) is 1.39. The maximum atomic E-state index is 13.4. The lowest BCUT2D eigenvalue weighted by atomic mass is 10.2. The predicted octanol–water partition coefficient (Wildman–Crippen LogP) is 3.58. The molecule has 6 heteroatoms. The van der Waals surface area contributed by atoms with Crippen molar-refractivity contribution in [3.8, 4) is 0 Å². The Bertz CT molecular complexity index is 452. The van der Waals surface area contributed by atoms with Crippen molar-refractivity contribution in [2.75, 3.05) is 6.54 Å². The smallest absolute Gasteiger partial charge is 0.186 e. The number of hydrogen-bond donors (Lipinski definition) is 2. The molecule has 3 nitrogen and oxygen atoms in total. The van der Waals surface area contributed by atoms with Crippen molar-refractivity contribution >= 4 is 39.5 Å². The molecule has 0 saturated heterocycles. The van der Waals surface area contributed by atoms with Crippen molar-refractivity contribution in [2.45, 2.75) is 26.2 Å². The van der Waals surface area contributed by atoms with E-state index in [9.17, 15) is 4.39 Å². The SMILES string of the molecule is CCCCCNC(=S)N/N=C\c1cc(Br)ccc1F. The van der Waals surface area contributed by atoms with E-state index in [4.69, 9.17) is 12.2 Å². The van der Waals surface area contributed by atoms with Crippen LogP contribution in [0.1, 0.15) is 31.7 Å². The second-order valence-corrected chi connectivity index (χ2v) is 5.32. The fourth-order valence-corrected chi connectivity index (χ4v) is 1.92. The van der Waals surface area contributed by atoms with E-state index in [0.717, 1.165) is 17.4 Å². The third kappa shape index (κ3) is 6.63. The molecule has 1 aromatic rings. The van der Waals surface area contributed by atoms with Crippen LogP contribution in [0.15, 0.2) is 27.8 Å².